The van der Waals surface area contributed by atoms with Gasteiger partial charge in [0.15, 0.2) is 11.5 Å². The molecule has 0 spiro atoms. The Morgan fingerprint density at radius 3 is 2.81 bits per heavy atom. The van der Waals surface area contributed by atoms with E-state index in [1.807, 2.05) is 42.5 Å². The van der Waals surface area contributed by atoms with Gasteiger partial charge in [0.05, 0.1) is 24.8 Å². The molecule has 3 aromatic rings. The molecule has 0 unspecified atom stereocenters. The summed E-state index contributed by atoms with van der Waals surface area (Å²) in [4.78, 5) is 15.9. The van der Waals surface area contributed by atoms with Gasteiger partial charge in [0.25, 0.3) is 0 Å². The Hall–Kier alpha value is -3.28. The first-order valence-corrected chi connectivity index (χ1v) is 10.7. The number of nitrogens with one attached hydrogen (secondary N) is 1. The van der Waals surface area contributed by atoms with E-state index in [0.717, 1.165) is 66.1 Å². The van der Waals surface area contributed by atoms with Crippen LogP contribution in [0.2, 0.25) is 0 Å². The number of nitrogens with zero attached hydrogens (tertiary/aromatic N) is 2. The molecule has 164 valence electrons. The maximum atomic E-state index is 11.1. The van der Waals surface area contributed by atoms with Crippen LogP contribution in [0.3, 0.4) is 0 Å². The van der Waals surface area contributed by atoms with Gasteiger partial charge in [-0.05, 0) is 49.1 Å². The molecule has 0 aliphatic rings. The Bertz CT molecular complexity index is 1030. The van der Waals surface area contributed by atoms with Gasteiger partial charge in [0.1, 0.15) is 5.82 Å². The summed E-state index contributed by atoms with van der Waals surface area (Å²) < 4.78 is 13.7. The number of rotatable bonds is 12. The molecule has 0 radical (unpaired) electrons. The van der Waals surface area contributed by atoms with Crippen molar-refractivity contribution in [3.63, 3.8) is 0 Å². The number of imidazole rings is 1. The third-order valence-electron chi connectivity index (χ3n) is 5.08. The first-order chi connectivity index (χ1) is 15.1. The van der Waals surface area contributed by atoms with Crippen molar-refractivity contribution in [3.05, 3.63) is 66.5 Å². The molecule has 1 aromatic heterocycles. The average molecular weight is 422 g/mol. The standard InChI is InChI=1S/C25H31N3O3/c1-4-9-20-13-14-23(24(18-20)30-3)31-17-8-16-28-22-11-6-5-10-21(22)27-25(28)12-7-15-26-19(2)29/h4-6,10-11,13-14,18H,1,7-9,12,15-17H2,2-3H3,(H,26,29). The van der Waals surface area contributed by atoms with Crippen molar-refractivity contribution in [2.45, 2.75) is 39.2 Å². The van der Waals surface area contributed by atoms with Crippen molar-refractivity contribution in [1.82, 2.24) is 14.9 Å². The van der Waals surface area contributed by atoms with E-state index in [9.17, 15) is 4.79 Å². The number of amides is 1. The fourth-order valence-electron chi connectivity index (χ4n) is 3.61. The lowest BCUT2D eigenvalue weighted by molar-refractivity contribution is -0.118. The minimum Gasteiger partial charge on any atom is -0.493 e. The normalized spacial score (nSPS) is 10.8. The number of aromatic nitrogens is 2. The van der Waals surface area contributed by atoms with E-state index in [2.05, 4.69) is 22.5 Å². The monoisotopic (exact) mass is 421 g/mol. The van der Waals surface area contributed by atoms with E-state index in [1.165, 1.54) is 6.92 Å². The molecule has 0 aliphatic carbocycles. The molecule has 3 rings (SSSR count). The zero-order valence-electron chi connectivity index (χ0n) is 18.4. The van der Waals surface area contributed by atoms with Gasteiger partial charge < -0.3 is 19.4 Å². The number of allylic oxidation sites excluding steroid dienone is 1. The highest BCUT2D eigenvalue weighted by Gasteiger charge is 2.11. The highest BCUT2D eigenvalue weighted by molar-refractivity contribution is 5.76. The fraction of sp³-hybridized carbons (Fsp3) is 0.360. The third kappa shape index (κ3) is 6.10. The van der Waals surface area contributed by atoms with Crippen LogP contribution >= 0.6 is 0 Å². The van der Waals surface area contributed by atoms with Crippen molar-refractivity contribution >= 4 is 16.9 Å². The van der Waals surface area contributed by atoms with Crippen molar-refractivity contribution in [3.8, 4) is 11.5 Å². The molecule has 2 aromatic carbocycles. The molecule has 1 amide bonds. The highest BCUT2D eigenvalue weighted by Crippen LogP contribution is 2.28. The number of fused-ring (bicyclic) bond motifs is 1. The Balaban J connectivity index is 1.62. The van der Waals surface area contributed by atoms with Gasteiger partial charge in [-0.15, -0.1) is 6.58 Å². The predicted octanol–water partition coefficient (Wildman–Crippen LogP) is 4.31. The summed E-state index contributed by atoms with van der Waals surface area (Å²) in [5, 5.41) is 2.85. The van der Waals surface area contributed by atoms with Gasteiger partial charge in [0, 0.05) is 26.4 Å². The number of hydrogen-bond donors (Lipinski definition) is 1. The van der Waals surface area contributed by atoms with Crippen LogP contribution in [0.1, 0.15) is 31.2 Å². The number of para-hydroxylation sites is 2. The second-order valence-corrected chi connectivity index (χ2v) is 7.43. The Morgan fingerprint density at radius 1 is 1.19 bits per heavy atom. The zero-order chi connectivity index (χ0) is 22.1. The van der Waals surface area contributed by atoms with Crippen LogP contribution in [-0.4, -0.2) is 35.7 Å². The van der Waals surface area contributed by atoms with Gasteiger partial charge in [-0.3, -0.25) is 4.79 Å². The molecule has 0 fully saturated rings. The fourth-order valence-corrected chi connectivity index (χ4v) is 3.61. The lowest BCUT2D eigenvalue weighted by Crippen LogP contribution is -2.21. The summed E-state index contributed by atoms with van der Waals surface area (Å²) in [5.74, 6) is 2.53. The first kappa shape index (κ1) is 22.4. The topological polar surface area (TPSA) is 65.4 Å². The molecule has 0 atom stereocenters. The average Bonchev–Trinajstić information content (AvgIpc) is 3.12. The van der Waals surface area contributed by atoms with E-state index >= 15 is 0 Å². The van der Waals surface area contributed by atoms with E-state index in [1.54, 1.807) is 7.11 Å². The Labute approximate surface area is 183 Å². The molecule has 6 heteroatoms. The summed E-state index contributed by atoms with van der Waals surface area (Å²) >= 11 is 0. The van der Waals surface area contributed by atoms with Crippen LogP contribution in [0.15, 0.2) is 55.1 Å². The summed E-state index contributed by atoms with van der Waals surface area (Å²) in [6, 6.07) is 14.2. The summed E-state index contributed by atoms with van der Waals surface area (Å²) in [6.07, 6.45) is 5.19. The Kier molecular flexibility index (Phi) is 8.10. The molecular formula is C25H31N3O3. The van der Waals surface area contributed by atoms with E-state index in [4.69, 9.17) is 14.5 Å². The minimum absolute atomic E-state index is 0.00129. The summed E-state index contributed by atoms with van der Waals surface area (Å²) in [5.41, 5.74) is 3.27. The van der Waals surface area contributed by atoms with Crippen LogP contribution in [0, 0.1) is 0 Å². The number of benzene rings is 2. The number of ether oxygens (including phenoxy) is 2. The van der Waals surface area contributed by atoms with Gasteiger partial charge in [0.2, 0.25) is 5.91 Å². The summed E-state index contributed by atoms with van der Waals surface area (Å²) in [7, 11) is 1.66. The second-order valence-electron chi connectivity index (χ2n) is 7.43. The Morgan fingerprint density at radius 2 is 2.03 bits per heavy atom. The first-order valence-electron chi connectivity index (χ1n) is 10.7. The predicted molar refractivity (Wildman–Crippen MR) is 124 cm³/mol. The molecule has 0 aliphatic heterocycles. The number of carbonyl (C=O) groups is 1. The highest BCUT2D eigenvalue weighted by atomic mass is 16.5. The molecule has 0 saturated carbocycles. The molecule has 1 heterocycles. The molecule has 0 saturated heterocycles. The van der Waals surface area contributed by atoms with Crippen molar-refractivity contribution in [1.29, 1.82) is 0 Å². The lowest BCUT2D eigenvalue weighted by atomic mass is 10.1. The minimum atomic E-state index is -0.00129. The van der Waals surface area contributed by atoms with Gasteiger partial charge in [-0.2, -0.15) is 0 Å². The van der Waals surface area contributed by atoms with Crippen LogP contribution in [-0.2, 0) is 24.2 Å². The van der Waals surface area contributed by atoms with E-state index in [0.29, 0.717) is 13.2 Å². The van der Waals surface area contributed by atoms with Crippen LogP contribution in [0.4, 0.5) is 0 Å². The van der Waals surface area contributed by atoms with Crippen molar-refractivity contribution in [2.75, 3.05) is 20.3 Å². The molecule has 0 bridgehead atoms. The number of methoxy groups -OCH3 is 1. The second kappa shape index (κ2) is 11.2. The maximum Gasteiger partial charge on any atom is 0.216 e. The number of hydrogen-bond acceptors (Lipinski definition) is 4. The van der Waals surface area contributed by atoms with Gasteiger partial charge >= 0.3 is 0 Å². The smallest absolute Gasteiger partial charge is 0.216 e. The molecular weight excluding hydrogens is 390 g/mol. The third-order valence-corrected chi connectivity index (χ3v) is 5.08. The zero-order valence-corrected chi connectivity index (χ0v) is 18.4. The van der Waals surface area contributed by atoms with Gasteiger partial charge in [-0.1, -0.05) is 24.3 Å². The quantitative estimate of drug-likeness (QED) is 0.350. The molecule has 1 N–H and O–H groups in total. The van der Waals surface area contributed by atoms with E-state index < -0.39 is 0 Å². The SMILES string of the molecule is C=CCc1ccc(OCCCn2c(CCCNC(C)=O)nc3ccccc32)c(OC)c1. The molecule has 31 heavy (non-hydrogen) atoms. The van der Waals surface area contributed by atoms with Crippen molar-refractivity contribution < 1.29 is 14.3 Å². The lowest BCUT2D eigenvalue weighted by Gasteiger charge is -2.13. The summed E-state index contributed by atoms with van der Waals surface area (Å²) in [6.45, 7) is 7.37. The largest absolute Gasteiger partial charge is 0.493 e. The van der Waals surface area contributed by atoms with Gasteiger partial charge in [-0.25, -0.2) is 4.98 Å². The van der Waals surface area contributed by atoms with Crippen LogP contribution in [0.25, 0.3) is 11.0 Å². The van der Waals surface area contributed by atoms with Crippen molar-refractivity contribution in [2.24, 2.45) is 0 Å². The molecule has 6 nitrogen and oxygen atoms in total. The number of aryl methyl sites for hydroxylation is 2. The van der Waals surface area contributed by atoms with Crippen LogP contribution in [0.5, 0.6) is 11.5 Å². The van der Waals surface area contributed by atoms with E-state index in [-0.39, 0.29) is 5.91 Å². The maximum absolute atomic E-state index is 11.1. The van der Waals surface area contributed by atoms with Crippen LogP contribution < -0.4 is 14.8 Å². The number of carbonyl (C=O) groups excluding carboxylic acids is 1.